The number of carbonyl (C=O) groups excluding carboxylic acids is 1. The van der Waals surface area contributed by atoms with Gasteiger partial charge in [-0.25, -0.2) is 0 Å². The Morgan fingerprint density at radius 2 is 1.81 bits per heavy atom. The zero-order valence-corrected chi connectivity index (χ0v) is 16.2. The lowest BCUT2D eigenvalue weighted by Crippen LogP contribution is -2.37. The summed E-state index contributed by atoms with van der Waals surface area (Å²) in [5, 5.41) is 7.29. The van der Waals surface area contributed by atoms with Gasteiger partial charge in [-0.15, -0.1) is 0 Å². The second-order valence-electron chi connectivity index (χ2n) is 6.13. The third kappa shape index (κ3) is 6.08. The lowest BCUT2D eigenvalue weighted by atomic mass is 10.1. The van der Waals surface area contributed by atoms with Gasteiger partial charge in [0.2, 0.25) is 0 Å². The molecule has 0 saturated carbocycles. The van der Waals surface area contributed by atoms with Crippen molar-refractivity contribution in [3.63, 3.8) is 0 Å². The zero-order valence-electron chi connectivity index (χ0n) is 15.4. The van der Waals surface area contributed by atoms with E-state index in [1.165, 1.54) is 0 Å². The van der Waals surface area contributed by atoms with Gasteiger partial charge in [-0.2, -0.15) is 0 Å². The molecule has 0 atom stereocenters. The van der Waals surface area contributed by atoms with E-state index in [1.54, 1.807) is 26.0 Å². The highest BCUT2D eigenvalue weighted by atomic mass is 35.5. The van der Waals surface area contributed by atoms with Crippen molar-refractivity contribution in [1.29, 1.82) is 0 Å². The summed E-state index contributed by atoms with van der Waals surface area (Å²) in [7, 11) is 5.26. The molecule has 2 aromatic carbocycles. The normalized spacial score (nSPS) is 11.2. The summed E-state index contributed by atoms with van der Waals surface area (Å²) in [6.45, 7) is 1.39. The first kappa shape index (κ1) is 19.8. The molecule has 0 saturated heterocycles. The van der Waals surface area contributed by atoms with Gasteiger partial charge in [0.05, 0.1) is 0 Å². The molecule has 0 unspecified atom stereocenters. The molecular weight excluding hydrogens is 348 g/mol. The summed E-state index contributed by atoms with van der Waals surface area (Å²) in [5.74, 6) is 0.751. The number of nitrogens with zero attached hydrogens (tertiary/aromatic N) is 2. The van der Waals surface area contributed by atoms with E-state index in [4.69, 9.17) is 11.6 Å². The number of carbonyl (C=O) groups is 1. The molecule has 0 aliphatic rings. The van der Waals surface area contributed by atoms with Gasteiger partial charge < -0.3 is 15.5 Å². The van der Waals surface area contributed by atoms with Crippen LogP contribution in [0.1, 0.15) is 21.5 Å². The van der Waals surface area contributed by atoms with Crippen LogP contribution in [0, 0.1) is 0 Å². The van der Waals surface area contributed by atoms with Crippen LogP contribution in [-0.2, 0) is 13.0 Å². The molecule has 0 aromatic heterocycles. The average molecular weight is 373 g/mol. The number of benzene rings is 2. The molecule has 138 valence electrons. The van der Waals surface area contributed by atoms with Crippen molar-refractivity contribution in [1.82, 2.24) is 15.5 Å². The average Bonchev–Trinajstić information content (AvgIpc) is 2.65. The molecule has 0 aliphatic carbocycles. The third-order valence-corrected chi connectivity index (χ3v) is 4.14. The van der Waals surface area contributed by atoms with Crippen molar-refractivity contribution in [2.24, 2.45) is 4.99 Å². The monoisotopic (exact) mass is 372 g/mol. The molecule has 0 heterocycles. The molecule has 2 N–H and O–H groups in total. The summed E-state index contributed by atoms with van der Waals surface area (Å²) in [5.41, 5.74) is 2.95. The van der Waals surface area contributed by atoms with Gasteiger partial charge in [0.25, 0.3) is 5.91 Å². The molecule has 2 aromatic rings. The first-order valence-electron chi connectivity index (χ1n) is 8.49. The lowest BCUT2D eigenvalue weighted by Gasteiger charge is -2.13. The van der Waals surface area contributed by atoms with Gasteiger partial charge in [0.15, 0.2) is 5.96 Å². The van der Waals surface area contributed by atoms with E-state index in [9.17, 15) is 4.79 Å². The van der Waals surface area contributed by atoms with Crippen LogP contribution in [0.3, 0.4) is 0 Å². The quantitative estimate of drug-likeness (QED) is 0.605. The maximum absolute atomic E-state index is 12.0. The van der Waals surface area contributed by atoms with Crippen LogP contribution in [0.15, 0.2) is 53.5 Å². The standard InChI is InChI=1S/C20H25ClN4O/c1-22-20(24-14-16-7-9-18(21)10-8-16)23-12-11-15-5-4-6-17(13-15)19(26)25(2)3/h4-10,13H,11-12,14H2,1-3H3,(H2,22,23,24). The van der Waals surface area contributed by atoms with Crippen molar-refractivity contribution in [2.45, 2.75) is 13.0 Å². The Hall–Kier alpha value is -2.53. The maximum atomic E-state index is 12.0. The summed E-state index contributed by atoms with van der Waals surface area (Å²) >= 11 is 5.90. The van der Waals surface area contributed by atoms with Crippen molar-refractivity contribution in [3.8, 4) is 0 Å². The SMILES string of the molecule is CN=C(NCCc1cccc(C(=O)N(C)C)c1)NCc1ccc(Cl)cc1. The minimum absolute atomic E-state index is 0.0141. The second-order valence-corrected chi connectivity index (χ2v) is 6.57. The Morgan fingerprint density at radius 1 is 1.08 bits per heavy atom. The van der Waals surface area contributed by atoms with Crippen molar-refractivity contribution in [3.05, 3.63) is 70.2 Å². The number of nitrogens with one attached hydrogen (secondary N) is 2. The first-order chi connectivity index (χ1) is 12.5. The van der Waals surface area contributed by atoms with E-state index in [1.807, 2.05) is 48.5 Å². The molecule has 5 nitrogen and oxygen atoms in total. The van der Waals surface area contributed by atoms with Crippen LogP contribution in [0.25, 0.3) is 0 Å². The van der Waals surface area contributed by atoms with Crippen LogP contribution in [0.5, 0.6) is 0 Å². The van der Waals surface area contributed by atoms with E-state index >= 15 is 0 Å². The van der Waals surface area contributed by atoms with Crippen LogP contribution < -0.4 is 10.6 Å². The highest BCUT2D eigenvalue weighted by Crippen LogP contribution is 2.09. The smallest absolute Gasteiger partial charge is 0.253 e. The van der Waals surface area contributed by atoms with Crippen molar-refractivity contribution < 1.29 is 4.79 Å². The molecule has 6 heteroatoms. The predicted molar refractivity (Wildman–Crippen MR) is 108 cm³/mol. The molecular formula is C20H25ClN4O. The Kier molecular flexibility index (Phi) is 7.48. The summed E-state index contributed by atoms with van der Waals surface area (Å²) in [4.78, 5) is 17.9. The van der Waals surface area contributed by atoms with Crippen LogP contribution in [-0.4, -0.2) is 44.5 Å². The van der Waals surface area contributed by atoms with E-state index in [0.717, 1.165) is 35.1 Å². The largest absolute Gasteiger partial charge is 0.356 e. The van der Waals surface area contributed by atoms with E-state index in [0.29, 0.717) is 12.1 Å². The summed E-state index contributed by atoms with van der Waals surface area (Å²) in [6.07, 6.45) is 0.802. The van der Waals surface area contributed by atoms with Crippen molar-refractivity contribution in [2.75, 3.05) is 27.7 Å². The Bertz CT molecular complexity index is 757. The number of rotatable bonds is 6. The number of amides is 1. The molecule has 0 spiro atoms. The molecule has 0 bridgehead atoms. The topological polar surface area (TPSA) is 56.7 Å². The molecule has 1 amide bonds. The van der Waals surface area contributed by atoms with Gasteiger partial charge in [-0.1, -0.05) is 35.9 Å². The van der Waals surface area contributed by atoms with Gasteiger partial charge in [-0.05, 0) is 41.8 Å². The van der Waals surface area contributed by atoms with E-state index in [-0.39, 0.29) is 5.91 Å². The fraction of sp³-hybridized carbons (Fsp3) is 0.300. The fourth-order valence-electron chi connectivity index (χ4n) is 2.45. The molecule has 2 rings (SSSR count). The molecule has 0 radical (unpaired) electrons. The first-order valence-corrected chi connectivity index (χ1v) is 8.87. The van der Waals surface area contributed by atoms with Crippen LogP contribution in [0.4, 0.5) is 0 Å². The number of hydrogen-bond donors (Lipinski definition) is 2. The Labute approximate surface area is 160 Å². The number of halogens is 1. The van der Waals surface area contributed by atoms with E-state index < -0.39 is 0 Å². The summed E-state index contributed by atoms with van der Waals surface area (Å²) in [6, 6.07) is 15.4. The second kappa shape index (κ2) is 9.82. The molecule has 0 fully saturated rings. The van der Waals surface area contributed by atoms with E-state index in [2.05, 4.69) is 15.6 Å². The lowest BCUT2D eigenvalue weighted by molar-refractivity contribution is 0.0827. The van der Waals surface area contributed by atoms with Crippen molar-refractivity contribution >= 4 is 23.5 Å². The molecule has 26 heavy (non-hydrogen) atoms. The van der Waals surface area contributed by atoms with Crippen LogP contribution >= 0.6 is 11.6 Å². The molecule has 0 aliphatic heterocycles. The number of hydrogen-bond acceptors (Lipinski definition) is 2. The highest BCUT2D eigenvalue weighted by molar-refractivity contribution is 6.30. The highest BCUT2D eigenvalue weighted by Gasteiger charge is 2.08. The van der Waals surface area contributed by atoms with Gasteiger partial charge >= 0.3 is 0 Å². The van der Waals surface area contributed by atoms with Gasteiger partial charge in [0, 0.05) is 44.8 Å². The van der Waals surface area contributed by atoms with Gasteiger partial charge in [0.1, 0.15) is 0 Å². The zero-order chi connectivity index (χ0) is 18.9. The summed E-state index contributed by atoms with van der Waals surface area (Å²) < 4.78 is 0. The predicted octanol–water partition coefficient (Wildman–Crippen LogP) is 2.95. The Morgan fingerprint density at radius 3 is 2.46 bits per heavy atom. The van der Waals surface area contributed by atoms with Gasteiger partial charge in [-0.3, -0.25) is 9.79 Å². The van der Waals surface area contributed by atoms with Crippen LogP contribution in [0.2, 0.25) is 5.02 Å². The number of aliphatic imine (C=N–C) groups is 1. The Balaban J connectivity index is 1.83. The minimum Gasteiger partial charge on any atom is -0.356 e. The fourth-order valence-corrected chi connectivity index (χ4v) is 2.58. The minimum atomic E-state index is 0.0141. The number of guanidine groups is 1. The third-order valence-electron chi connectivity index (χ3n) is 3.88. The maximum Gasteiger partial charge on any atom is 0.253 e.